The lowest BCUT2D eigenvalue weighted by atomic mass is 10.1. The maximum atomic E-state index is 13.7. The van der Waals surface area contributed by atoms with Gasteiger partial charge in [-0.2, -0.15) is 0 Å². The molecule has 0 aliphatic heterocycles. The fourth-order valence-corrected chi connectivity index (χ4v) is 5.12. The van der Waals surface area contributed by atoms with Crippen LogP contribution < -0.4 is 9.62 Å². The third-order valence-corrected chi connectivity index (χ3v) is 8.24. The van der Waals surface area contributed by atoms with Crippen LogP contribution >= 0.6 is 46.4 Å². The number of nitrogens with zero attached hydrogens (tertiary/aromatic N) is 2. The number of hydrogen-bond acceptors (Lipinski definition) is 4. The van der Waals surface area contributed by atoms with Crippen molar-refractivity contribution in [3.05, 3.63) is 62.1 Å². The molecule has 2 amide bonds. The minimum Gasteiger partial charge on any atom is -0.352 e. The van der Waals surface area contributed by atoms with Crippen LogP contribution in [0.3, 0.4) is 0 Å². The van der Waals surface area contributed by atoms with Gasteiger partial charge in [-0.1, -0.05) is 66.3 Å². The van der Waals surface area contributed by atoms with E-state index in [-0.39, 0.29) is 40.6 Å². The van der Waals surface area contributed by atoms with E-state index < -0.39 is 28.5 Å². The first-order chi connectivity index (χ1) is 16.8. The summed E-state index contributed by atoms with van der Waals surface area (Å²) in [6.07, 6.45) is 1.96. The van der Waals surface area contributed by atoms with Gasteiger partial charge in [-0.05, 0) is 50.1 Å². The van der Waals surface area contributed by atoms with Crippen LogP contribution in [0.4, 0.5) is 5.69 Å². The van der Waals surface area contributed by atoms with Crippen LogP contribution in [0, 0.1) is 0 Å². The Hall–Kier alpha value is -1.71. The molecule has 36 heavy (non-hydrogen) atoms. The molecule has 7 nitrogen and oxygen atoms in total. The van der Waals surface area contributed by atoms with E-state index in [0.29, 0.717) is 22.0 Å². The minimum absolute atomic E-state index is 0.0945. The summed E-state index contributed by atoms with van der Waals surface area (Å²) in [4.78, 5) is 28.2. The summed E-state index contributed by atoms with van der Waals surface area (Å²) in [5, 5.41) is 3.91. The Kier molecular flexibility index (Phi) is 11.2. The first kappa shape index (κ1) is 30.5. The third kappa shape index (κ3) is 7.89. The highest BCUT2D eigenvalue weighted by Crippen LogP contribution is 2.30. The normalized spacial score (nSPS) is 13.1. The predicted molar refractivity (Wildman–Crippen MR) is 148 cm³/mol. The van der Waals surface area contributed by atoms with Gasteiger partial charge in [-0.25, -0.2) is 8.42 Å². The van der Waals surface area contributed by atoms with Crippen molar-refractivity contribution in [2.24, 2.45) is 0 Å². The maximum Gasteiger partial charge on any atom is 0.244 e. The zero-order valence-electron chi connectivity index (χ0n) is 20.4. The lowest BCUT2D eigenvalue weighted by Gasteiger charge is -2.33. The van der Waals surface area contributed by atoms with Gasteiger partial charge < -0.3 is 10.2 Å². The average Bonchev–Trinajstić information content (AvgIpc) is 2.80. The Labute approximate surface area is 232 Å². The molecule has 12 heteroatoms. The van der Waals surface area contributed by atoms with Crippen LogP contribution in [-0.2, 0) is 26.2 Å². The Morgan fingerprint density at radius 3 is 2.06 bits per heavy atom. The number of amides is 2. The summed E-state index contributed by atoms with van der Waals surface area (Å²) in [5.74, 6) is -0.975. The smallest absolute Gasteiger partial charge is 0.244 e. The van der Waals surface area contributed by atoms with Crippen molar-refractivity contribution in [2.75, 3.05) is 17.1 Å². The van der Waals surface area contributed by atoms with E-state index in [1.807, 2.05) is 13.8 Å². The van der Waals surface area contributed by atoms with Gasteiger partial charge in [0, 0.05) is 28.2 Å². The SMILES string of the molecule is CC[C@@H](C)NC(=O)[C@@H](CC)N(Cc1c(Cl)cccc1Cl)C(=O)CN(c1ccc(Cl)c(Cl)c1)S(C)(=O)=O. The van der Waals surface area contributed by atoms with Crippen molar-refractivity contribution in [1.29, 1.82) is 0 Å². The molecule has 0 spiro atoms. The molecule has 0 unspecified atom stereocenters. The van der Waals surface area contributed by atoms with Gasteiger partial charge in [0.25, 0.3) is 0 Å². The van der Waals surface area contributed by atoms with Crippen molar-refractivity contribution >= 4 is 73.9 Å². The Morgan fingerprint density at radius 2 is 1.56 bits per heavy atom. The molecule has 0 radical (unpaired) electrons. The van der Waals surface area contributed by atoms with E-state index in [9.17, 15) is 18.0 Å². The van der Waals surface area contributed by atoms with Crippen LogP contribution in [0.1, 0.15) is 39.2 Å². The zero-order valence-corrected chi connectivity index (χ0v) is 24.2. The largest absolute Gasteiger partial charge is 0.352 e. The summed E-state index contributed by atoms with van der Waals surface area (Å²) in [5.41, 5.74) is 0.609. The van der Waals surface area contributed by atoms with Crippen molar-refractivity contribution in [1.82, 2.24) is 10.2 Å². The highest BCUT2D eigenvalue weighted by Gasteiger charge is 2.33. The number of carbonyl (C=O) groups is 2. The van der Waals surface area contributed by atoms with Gasteiger partial charge in [0.05, 0.1) is 22.0 Å². The molecule has 1 N–H and O–H groups in total. The fourth-order valence-electron chi connectivity index (χ4n) is 3.47. The summed E-state index contributed by atoms with van der Waals surface area (Å²) in [7, 11) is -3.91. The number of carbonyl (C=O) groups excluding carboxylic acids is 2. The Bertz CT molecular complexity index is 1190. The molecule has 0 saturated heterocycles. The average molecular weight is 597 g/mol. The molecule has 198 valence electrons. The number of benzene rings is 2. The van der Waals surface area contributed by atoms with Gasteiger partial charge in [-0.15, -0.1) is 0 Å². The summed E-state index contributed by atoms with van der Waals surface area (Å²) in [6, 6.07) is 8.17. The lowest BCUT2D eigenvalue weighted by Crippen LogP contribution is -2.53. The van der Waals surface area contributed by atoms with Gasteiger partial charge in [-0.3, -0.25) is 13.9 Å². The van der Waals surface area contributed by atoms with Crippen LogP contribution in [-0.4, -0.2) is 50.0 Å². The second kappa shape index (κ2) is 13.2. The standard InChI is InChI=1S/C24H29Cl4N3O4S/c1-5-15(3)29-24(33)22(6-2)30(13-17-18(25)8-7-9-19(17)26)23(32)14-31(36(4,34)35)16-10-11-20(27)21(28)12-16/h7-12,15,22H,5-6,13-14H2,1-4H3,(H,29,33)/t15-,22-/m1/s1. The van der Waals surface area contributed by atoms with E-state index >= 15 is 0 Å². The number of sulfonamides is 1. The first-order valence-corrected chi connectivity index (χ1v) is 14.6. The molecule has 0 aromatic heterocycles. The van der Waals surface area contributed by atoms with E-state index in [4.69, 9.17) is 46.4 Å². The first-order valence-electron chi connectivity index (χ1n) is 11.3. The van der Waals surface area contributed by atoms with E-state index in [0.717, 1.165) is 10.6 Å². The Morgan fingerprint density at radius 1 is 0.944 bits per heavy atom. The molecule has 2 atom stereocenters. The summed E-state index contributed by atoms with van der Waals surface area (Å²) >= 11 is 24.8. The summed E-state index contributed by atoms with van der Waals surface area (Å²) < 4.78 is 26.3. The van der Waals surface area contributed by atoms with Gasteiger partial charge in [0.15, 0.2) is 0 Å². The van der Waals surface area contributed by atoms with E-state index in [2.05, 4.69) is 5.32 Å². The molecule has 0 aliphatic rings. The zero-order chi connectivity index (χ0) is 27.2. The molecule has 2 rings (SSSR count). The van der Waals surface area contributed by atoms with Gasteiger partial charge in [0.1, 0.15) is 12.6 Å². The third-order valence-electron chi connectivity index (χ3n) is 5.65. The number of rotatable bonds is 11. The van der Waals surface area contributed by atoms with E-state index in [1.165, 1.54) is 23.1 Å². The van der Waals surface area contributed by atoms with Crippen LogP contribution in [0.25, 0.3) is 0 Å². The van der Waals surface area contributed by atoms with Crippen LogP contribution in [0.15, 0.2) is 36.4 Å². The quantitative estimate of drug-likeness (QED) is 0.356. The summed E-state index contributed by atoms with van der Waals surface area (Å²) in [6.45, 7) is 4.88. The molecule has 2 aromatic carbocycles. The molecular weight excluding hydrogens is 568 g/mol. The maximum absolute atomic E-state index is 13.7. The monoisotopic (exact) mass is 595 g/mol. The molecule has 0 aliphatic carbocycles. The predicted octanol–water partition coefficient (Wildman–Crippen LogP) is 5.79. The second-order valence-electron chi connectivity index (χ2n) is 8.33. The number of nitrogens with one attached hydrogen (secondary N) is 1. The van der Waals surface area contributed by atoms with Crippen molar-refractivity contribution < 1.29 is 18.0 Å². The highest BCUT2D eigenvalue weighted by atomic mass is 35.5. The van der Waals surface area contributed by atoms with Gasteiger partial charge >= 0.3 is 0 Å². The van der Waals surface area contributed by atoms with Crippen molar-refractivity contribution in [2.45, 2.75) is 52.2 Å². The molecule has 0 fully saturated rings. The molecule has 0 saturated carbocycles. The number of anilines is 1. The van der Waals surface area contributed by atoms with E-state index in [1.54, 1.807) is 25.1 Å². The number of hydrogen-bond donors (Lipinski definition) is 1. The number of halogens is 4. The molecular formula is C24H29Cl4N3O4S. The second-order valence-corrected chi connectivity index (χ2v) is 11.9. The lowest BCUT2D eigenvalue weighted by molar-refractivity contribution is -0.140. The van der Waals surface area contributed by atoms with Crippen molar-refractivity contribution in [3.8, 4) is 0 Å². The fraction of sp³-hybridized carbons (Fsp3) is 0.417. The molecule has 0 heterocycles. The van der Waals surface area contributed by atoms with Crippen molar-refractivity contribution in [3.63, 3.8) is 0 Å². The minimum atomic E-state index is -3.91. The highest BCUT2D eigenvalue weighted by molar-refractivity contribution is 7.92. The molecule has 2 aromatic rings. The topological polar surface area (TPSA) is 86.8 Å². The van der Waals surface area contributed by atoms with Crippen LogP contribution in [0.5, 0.6) is 0 Å². The van der Waals surface area contributed by atoms with Gasteiger partial charge in [0.2, 0.25) is 21.8 Å². The Balaban J connectivity index is 2.52. The molecule has 0 bridgehead atoms. The van der Waals surface area contributed by atoms with Crippen LogP contribution in [0.2, 0.25) is 20.1 Å².